The van der Waals surface area contributed by atoms with Crippen LogP contribution in [-0.4, -0.2) is 141 Å². The number of methoxy groups -OCH3 is 2. The Balaban J connectivity index is 2.31. The van der Waals surface area contributed by atoms with E-state index in [1.54, 1.807) is 37.8 Å². The molecule has 0 saturated carbocycles. The second kappa shape index (κ2) is 23.7. The van der Waals surface area contributed by atoms with Crippen molar-refractivity contribution < 1.29 is 38.2 Å². The summed E-state index contributed by atoms with van der Waals surface area (Å²) in [6, 6.07) is 6.34. The number of likely N-dealkylation sites (tertiary alicyclic amines) is 1. The predicted molar refractivity (Wildman–Crippen MR) is 222 cm³/mol. The van der Waals surface area contributed by atoms with Crippen molar-refractivity contribution in [3.8, 4) is 0 Å². The van der Waals surface area contributed by atoms with Gasteiger partial charge in [-0.05, 0) is 57.2 Å². The maximum Gasteiger partial charge on any atom is 0.329 e. The molecule has 0 radical (unpaired) electrons. The molecule has 324 valence electrons. The molecule has 0 aromatic heterocycles. The fourth-order valence-corrected chi connectivity index (χ4v) is 8.09. The SMILES string of the molecule is CC[C@H](C)[C@@H]([C@@H](CC(=O)N1CCC[C@H]1[C@H](OC)[C@@H](C)C(=O)NC(Cc1ccccc1)C(=O)OC(C)CN)OC)N(C)C(=O)[C@@H](NC(=O)[C@H](C(C)C)N(C)C)C(C)C. The molecule has 2 unspecified atom stereocenters. The van der Waals surface area contributed by atoms with Crippen molar-refractivity contribution in [1.82, 2.24) is 25.3 Å². The normalized spacial score (nSPS) is 19.2. The lowest BCUT2D eigenvalue weighted by Gasteiger charge is -2.41. The maximum absolute atomic E-state index is 14.3. The smallest absolute Gasteiger partial charge is 0.329 e. The van der Waals surface area contributed by atoms with Gasteiger partial charge in [0.05, 0.1) is 42.7 Å². The van der Waals surface area contributed by atoms with Crippen molar-refractivity contribution in [3.63, 3.8) is 0 Å². The molecule has 1 aromatic carbocycles. The molecule has 0 spiro atoms. The third-order valence-electron chi connectivity index (χ3n) is 11.5. The van der Waals surface area contributed by atoms with Gasteiger partial charge in [0.25, 0.3) is 0 Å². The summed E-state index contributed by atoms with van der Waals surface area (Å²) in [6.07, 6.45) is 0.439. The van der Waals surface area contributed by atoms with E-state index in [9.17, 15) is 24.0 Å². The minimum Gasteiger partial charge on any atom is -0.460 e. The lowest BCUT2D eigenvalue weighted by molar-refractivity contribution is -0.153. The first-order valence-electron chi connectivity index (χ1n) is 20.7. The number of hydrogen-bond donors (Lipinski definition) is 3. The van der Waals surface area contributed by atoms with E-state index in [0.717, 1.165) is 18.4 Å². The number of carbonyl (C=O) groups is 5. The first kappa shape index (κ1) is 49.6. The van der Waals surface area contributed by atoms with E-state index in [1.165, 1.54) is 7.11 Å². The van der Waals surface area contributed by atoms with Gasteiger partial charge in [-0.25, -0.2) is 4.79 Å². The highest BCUT2D eigenvalue weighted by Gasteiger charge is 2.43. The predicted octanol–water partition coefficient (Wildman–Crippen LogP) is 3.25. The average Bonchev–Trinajstić information content (AvgIpc) is 3.65. The summed E-state index contributed by atoms with van der Waals surface area (Å²) in [5, 5.41) is 5.93. The second-order valence-corrected chi connectivity index (χ2v) is 16.7. The Labute approximate surface area is 342 Å². The van der Waals surface area contributed by atoms with Crippen LogP contribution in [0, 0.1) is 23.7 Å². The van der Waals surface area contributed by atoms with E-state index in [-0.39, 0.29) is 54.9 Å². The molecular formula is C43H74N6O8. The summed E-state index contributed by atoms with van der Waals surface area (Å²) in [4.78, 5) is 74.4. The third kappa shape index (κ3) is 13.8. The van der Waals surface area contributed by atoms with E-state index in [1.807, 2.05) is 90.9 Å². The zero-order valence-corrected chi connectivity index (χ0v) is 36.9. The van der Waals surface area contributed by atoms with Crippen molar-refractivity contribution >= 4 is 29.6 Å². The van der Waals surface area contributed by atoms with E-state index >= 15 is 0 Å². The molecule has 1 aliphatic rings. The molecule has 14 nitrogen and oxygen atoms in total. The number of nitrogens with zero attached hydrogens (tertiary/aromatic N) is 3. The number of rotatable bonds is 23. The molecule has 10 atom stereocenters. The minimum absolute atomic E-state index is 0.00425. The topological polar surface area (TPSA) is 173 Å². The van der Waals surface area contributed by atoms with Crippen LogP contribution in [0.1, 0.15) is 86.6 Å². The summed E-state index contributed by atoms with van der Waals surface area (Å²) < 4.78 is 17.5. The second-order valence-electron chi connectivity index (χ2n) is 16.7. The van der Waals surface area contributed by atoms with E-state index in [4.69, 9.17) is 19.9 Å². The van der Waals surface area contributed by atoms with Gasteiger partial charge < -0.3 is 40.4 Å². The fourth-order valence-electron chi connectivity index (χ4n) is 8.09. The Bertz CT molecular complexity index is 1420. The Morgan fingerprint density at radius 2 is 1.53 bits per heavy atom. The summed E-state index contributed by atoms with van der Waals surface area (Å²) in [5.74, 6) is -2.54. The molecular weight excluding hydrogens is 729 g/mol. The van der Waals surface area contributed by atoms with Crippen molar-refractivity contribution in [3.05, 3.63) is 35.9 Å². The van der Waals surface area contributed by atoms with E-state index in [2.05, 4.69) is 10.6 Å². The summed E-state index contributed by atoms with van der Waals surface area (Å²) in [5.41, 5.74) is 6.56. The molecule has 4 amide bonds. The van der Waals surface area contributed by atoms with Gasteiger partial charge in [-0.1, -0.05) is 85.2 Å². The number of ether oxygens (including phenoxy) is 3. The molecule has 1 aliphatic heterocycles. The van der Waals surface area contributed by atoms with Crippen LogP contribution < -0.4 is 16.4 Å². The number of amides is 4. The van der Waals surface area contributed by atoms with Gasteiger partial charge in [-0.15, -0.1) is 0 Å². The number of nitrogens with one attached hydrogen (secondary N) is 2. The first-order chi connectivity index (χ1) is 26.8. The molecule has 1 fully saturated rings. The van der Waals surface area contributed by atoms with Gasteiger partial charge in [0.1, 0.15) is 18.2 Å². The van der Waals surface area contributed by atoms with Crippen LogP contribution in [0.2, 0.25) is 0 Å². The molecule has 2 rings (SSSR count). The van der Waals surface area contributed by atoms with Crippen molar-refractivity contribution in [1.29, 1.82) is 0 Å². The maximum atomic E-state index is 14.3. The molecule has 1 heterocycles. The molecule has 1 saturated heterocycles. The molecule has 1 aromatic rings. The molecule has 14 heteroatoms. The zero-order valence-electron chi connectivity index (χ0n) is 36.9. The molecule has 4 N–H and O–H groups in total. The highest BCUT2D eigenvalue weighted by molar-refractivity contribution is 5.90. The lowest BCUT2D eigenvalue weighted by atomic mass is 9.89. The zero-order chi connectivity index (χ0) is 43.1. The van der Waals surface area contributed by atoms with Crippen molar-refractivity contribution in [2.45, 2.75) is 136 Å². The molecule has 0 aliphatic carbocycles. The molecule has 0 bridgehead atoms. The summed E-state index contributed by atoms with van der Waals surface area (Å²) in [6.45, 7) is 15.9. The highest BCUT2D eigenvalue weighted by atomic mass is 16.5. The third-order valence-corrected chi connectivity index (χ3v) is 11.5. The number of esters is 1. The standard InChI is InChI=1S/C43H74N6O8/c1-14-28(6)38(48(11)42(53)36(26(2)3)46-41(52)37(27(4)5)47(9)10)34(55-12)24-35(50)49-22-18-21-33(49)39(56-13)30(8)40(51)45-32(43(54)57-29(7)25-44)23-31-19-16-15-17-20-31/h15-17,19-20,26-30,32-34,36-39H,14,18,21-25,44H2,1-13H3,(H,45,51)(H,46,52)/t28-,29?,30+,32?,33-,34+,36-,37-,38-,39+/m0/s1. The Morgan fingerprint density at radius 3 is 2.04 bits per heavy atom. The van der Waals surface area contributed by atoms with Crippen molar-refractivity contribution in [2.24, 2.45) is 29.4 Å². The van der Waals surface area contributed by atoms with Gasteiger partial charge >= 0.3 is 5.97 Å². The van der Waals surface area contributed by atoms with Crippen LogP contribution >= 0.6 is 0 Å². The van der Waals surface area contributed by atoms with Crippen molar-refractivity contribution in [2.75, 3.05) is 48.5 Å². The Kier molecular flexibility index (Phi) is 20.6. The number of nitrogens with two attached hydrogens (primary N) is 1. The van der Waals surface area contributed by atoms with E-state index in [0.29, 0.717) is 13.0 Å². The summed E-state index contributed by atoms with van der Waals surface area (Å²) >= 11 is 0. The van der Waals surface area contributed by atoms with Gasteiger partial charge in [0.15, 0.2) is 0 Å². The first-order valence-corrected chi connectivity index (χ1v) is 20.7. The van der Waals surface area contributed by atoms with Gasteiger partial charge in [-0.3, -0.25) is 24.1 Å². The number of likely N-dealkylation sites (N-methyl/N-ethyl adjacent to an activating group) is 2. The highest BCUT2D eigenvalue weighted by Crippen LogP contribution is 2.30. The van der Waals surface area contributed by atoms with Crippen LogP contribution in [0.15, 0.2) is 30.3 Å². The monoisotopic (exact) mass is 803 g/mol. The Hall–Kier alpha value is -3.59. The number of hydrogen-bond acceptors (Lipinski definition) is 10. The van der Waals surface area contributed by atoms with Crippen LogP contribution in [0.3, 0.4) is 0 Å². The van der Waals surface area contributed by atoms with Gasteiger partial charge in [0, 0.05) is 40.8 Å². The van der Waals surface area contributed by atoms with Crippen LogP contribution in [0.25, 0.3) is 0 Å². The number of carbonyl (C=O) groups excluding carboxylic acids is 5. The van der Waals surface area contributed by atoms with Gasteiger partial charge in [0.2, 0.25) is 23.6 Å². The fraction of sp³-hybridized carbons (Fsp3) is 0.744. The minimum atomic E-state index is -0.956. The Morgan fingerprint density at radius 1 is 0.895 bits per heavy atom. The average molecular weight is 803 g/mol. The molecule has 57 heavy (non-hydrogen) atoms. The van der Waals surface area contributed by atoms with Crippen LogP contribution in [0.4, 0.5) is 0 Å². The van der Waals surface area contributed by atoms with Crippen LogP contribution in [-0.2, 0) is 44.6 Å². The number of benzene rings is 1. The quantitative estimate of drug-likeness (QED) is 0.140. The van der Waals surface area contributed by atoms with Crippen LogP contribution in [0.5, 0.6) is 0 Å². The largest absolute Gasteiger partial charge is 0.460 e. The summed E-state index contributed by atoms with van der Waals surface area (Å²) in [7, 11) is 8.50. The van der Waals surface area contributed by atoms with Gasteiger partial charge in [-0.2, -0.15) is 0 Å². The lowest BCUT2D eigenvalue weighted by Crippen LogP contribution is -2.59. The van der Waals surface area contributed by atoms with E-state index < -0.39 is 66.3 Å².